The zero-order valence-electron chi connectivity index (χ0n) is 12.3. The molecule has 0 unspecified atom stereocenters. The number of ether oxygens (including phenoxy) is 2. The van der Waals surface area contributed by atoms with E-state index in [4.69, 9.17) is 9.47 Å². The molecule has 6 nitrogen and oxygen atoms in total. The van der Waals surface area contributed by atoms with Gasteiger partial charge in [0, 0.05) is 18.3 Å². The van der Waals surface area contributed by atoms with Crippen LogP contribution in [0.15, 0.2) is 24.3 Å². The SMILES string of the molecule is CCN1CCOC(=O)[C@@H]1CC(=O)Nc1cccc(OC)c1. The molecule has 1 aliphatic rings. The summed E-state index contributed by atoms with van der Waals surface area (Å²) in [5.74, 6) is 0.120. The number of amides is 1. The molecule has 0 spiro atoms. The highest BCUT2D eigenvalue weighted by molar-refractivity contribution is 5.94. The van der Waals surface area contributed by atoms with Crippen LogP contribution < -0.4 is 10.1 Å². The molecule has 1 aromatic carbocycles. The second kappa shape index (κ2) is 7.08. The molecule has 6 heteroatoms. The standard InChI is InChI=1S/C15H20N2O4/c1-3-17-7-8-21-15(19)13(17)10-14(18)16-11-5-4-6-12(9-11)20-2/h4-6,9,13H,3,7-8,10H2,1-2H3,(H,16,18)/t13-/m0/s1. The van der Waals surface area contributed by atoms with E-state index in [1.54, 1.807) is 31.4 Å². The molecule has 114 valence electrons. The molecule has 1 aromatic rings. The van der Waals surface area contributed by atoms with E-state index in [2.05, 4.69) is 5.32 Å². The number of carbonyl (C=O) groups excluding carboxylic acids is 2. The third-order valence-electron chi connectivity index (χ3n) is 3.47. The van der Waals surface area contributed by atoms with Gasteiger partial charge >= 0.3 is 5.97 Å². The van der Waals surface area contributed by atoms with Crippen LogP contribution in [0, 0.1) is 0 Å². The number of nitrogens with zero attached hydrogens (tertiary/aromatic N) is 1. The van der Waals surface area contributed by atoms with Crippen molar-refractivity contribution >= 4 is 17.6 Å². The van der Waals surface area contributed by atoms with Crippen LogP contribution in [-0.2, 0) is 14.3 Å². The van der Waals surface area contributed by atoms with E-state index in [1.165, 1.54) is 0 Å². The smallest absolute Gasteiger partial charge is 0.323 e. The van der Waals surface area contributed by atoms with Crippen molar-refractivity contribution in [1.82, 2.24) is 4.90 Å². The summed E-state index contributed by atoms with van der Waals surface area (Å²) < 4.78 is 10.1. The van der Waals surface area contributed by atoms with Gasteiger partial charge in [0.2, 0.25) is 5.91 Å². The van der Waals surface area contributed by atoms with Crippen molar-refractivity contribution in [2.24, 2.45) is 0 Å². The largest absolute Gasteiger partial charge is 0.497 e. The molecule has 1 aliphatic heterocycles. The van der Waals surface area contributed by atoms with Gasteiger partial charge in [0.25, 0.3) is 0 Å². The fraction of sp³-hybridized carbons (Fsp3) is 0.467. The number of methoxy groups -OCH3 is 1. The predicted molar refractivity (Wildman–Crippen MR) is 78.2 cm³/mol. The predicted octanol–water partition coefficient (Wildman–Crippen LogP) is 1.27. The van der Waals surface area contributed by atoms with E-state index in [0.29, 0.717) is 31.1 Å². The minimum atomic E-state index is -0.505. The van der Waals surface area contributed by atoms with Gasteiger partial charge in [-0.3, -0.25) is 14.5 Å². The van der Waals surface area contributed by atoms with Gasteiger partial charge in [0.15, 0.2) is 0 Å². The molecule has 0 radical (unpaired) electrons. The van der Waals surface area contributed by atoms with Crippen molar-refractivity contribution in [1.29, 1.82) is 0 Å². The second-order valence-electron chi connectivity index (χ2n) is 4.80. The highest BCUT2D eigenvalue weighted by Gasteiger charge is 2.32. The van der Waals surface area contributed by atoms with E-state index >= 15 is 0 Å². The van der Waals surface area contributed by atoms with Gasteiger partial charge in [0.1, 0.15) is 18.4 Å². The molecule has 1 saturated heterocycles. The Morgan fingerprint density at radius 1 is 1.52 bits per heavy atom. The Morgan fingerprint density at radius 2 is 2.33 bits per heavy atom. The summed E-state index contributed by atoms with van der Waals surface area (Å²) in [6, 6.07) is 6.59. The number of morpholine rings is 1. The van der Waals surface area contributed by atoms with Crippen molar-refractivity contribution in [3.8, 4) is 5.75 Å². The summed E-state index contributed by atoms with van der Waals surface area (Å²) in [5, 5.41) is 2.78. The van der Waals surface area contributed by atoms with Gasteiger partial charge in [-0.15, -0.1) is 0 Å². The first-order valence-electron chi connectivity index (χ1n) is 6.98. The van der Waals surface area contributed by atoms with Crippen LogP contribution >= 0.6 is 0 Å². The van der Waals surface area contributed by atoms with Crippen molar-refractivity contribution in [3.63, 3.8) is 0 Å². The first-order chi connectivity index (χ1) is 10.1. The maximum atomic E-state index is 12.1. The number of esters is 1. The Labute approximate surface area is 124 Å². The summed E-state index contributed by atoms with van der Waals surface area (Å²) in [6.07, 6.45) is 0.0872. The average molecular weight is 292 g/mol. The molecule has 1 amide bonds. The first kappa shape index (κ1) is 15.3. The third-order valence-corrected chi connectivity index (χ3v) is 3.47. The van der Waals surface area contributed by atoms with E-state index in [0.717, 1.165) is 0 Å². The molecule has 2 rings (SSSR count). The van der Waals surface area contributed by atoms with E-state index in [9.17, 15) is 9.59 Å². The fourth-order valence-electron chi connectivity index (χ4n) is 2.34. The van der Waals surface area contributed by atoms with Crippen LogP contribution in [0.2, 0.25) is 0 Å². The molecule has 1 heterocycles. The normalized spacial score (nSPS) is 19.0. The molecule has 0 saturated carbocycles. The minimum absolute atomic E-state index is 0.0872. The molecular weight excluding hydrogens is 272 g/mol. The van der Waals surface area contributed by atoms with E-state index < -0.39 is 6.04 Å². The monoisotopic (exact) mass is 292 g/mol. The number of carbonyl (C=O) groups is 2. The van der Waals surface area contributed by atoms with Crippen LogP contribution in [0.25, 0.3) is 0 Å². The Morgan fingerprint density at radius 3 is 3.05 bits per heavy atom. The summed E-state index contributed by atoms with van der Waals surface area (Å²) in [6.45, 7) is 3.73. The molecular formula is C15H20N2O4. The highest BCUT2D eigenvalue weighted by Crippen LogP contribution is 2.18. The molecule has 0 aliphatic carbocycles. The van der Waals surface area contributed by atoms with Crippen molar-refractivity contribution < 1.29 is 19.1 Å². The third kappa shape index (κ3) is 3.95. The summed E-state index contributed by atoms with van der Waals surface area (Å²) >= 11 is 0. The second-order valence-corrected chi connectivity index (χ2v) is 4.80. The zero-order chi connectivity index (χ0) is 15.2. The number of hydrogen-bond donors (Lipinski definition) is 1. The first-order valence-corrected chi connectivity index (χ1v) is 6.98. The van der Waals surface area contributed by atoms with Gasteiger partial charge in [-0.2, -0.15) is 0 Å². The fourth-order valence-corrected chi connectivity index (χ4v) is 2.34. The van der Waals surface area contributed by atoms with Crippen molar-refractivity contribution in [3.05, 3.63) is 24.3 Å². The zero-order valence-corrected chi connectivity index (χ0v) is 12.3. The van der Waals surface area contributed by atoms with Gasteiger partial charge in [-0.05, 0) is 18.7 Å². The van der Waals surface area contributed by atoms with Crippen LogP contribution in [0.5, 0.6) is 5.75 Å². The van der Waals surface area contributed by atoms with Gasteiger partial charge in [-0.1, -0.05) is 13.0 Å². The number of anilines is 1. The number of cyclic esters (lactones) is 1. The lowest BCUT2D eigenvalue weighted by atomic mass is 10.1. The van der Waals surface area contributed by atoms with Crippen LogP contribution in [0.1, 0.15) is 13.3 Å². The average Bonchev–Trinajstić information content (AvgIpc) is 2.49. The number of benzene rings is 1. The lowest BCUT2D eigenvalue weighted by Crippen LogP contribution is -2.50. The number of rotatable bonds is 5. The lowest BCUT2D eigenvalue weighted by Gasteiger charge is -2.32. The topological polar surface area (TPSA) is 67.9 Å². The Balaban J connectivity index is 1.98. The Hall–Kier alpha value is -2.08. The number of nitrogens with one attached hydrogen (secondary N) is 1. The number of likely N-dealkylation sites (N-methyl/N-ethyl adjacent to an activating group) is 1. The van der Waals surface area contributed by atoms with Gasteiger partial charge in [0.05, 0.1) is 13.5 Å². The Kier molecular flexibility index (Phi) is 5.16. The van der Waals surface area contributed by atoms with Gasteiger partial charge < -0.3 is 14.8 Å². The van der Waals surface area contributed by atoms with Gasteiger partial charge in [-0.25, -0.2) is 0 Å². The molecule has 0 aromatic heterocycles. The molecule has 1 fully saturated rings. The maximum absolute atomic E-state index is 12.1. The van der Waals surface area contributed by atoms with Crippen LogP contribution in [0.3, 0.4) is 0 Å². The Bertz CT molecular complexity index is 518. The highest BCUT2D eigenvalue weighted by atomic mass is 16.5. The van der Waals surface area contributed by atoms with Crippen LogP contribution in [0.4, 0.5) is 5.69 Å². The number of hydrogen-bond acceptors (Lipinski definition) is 5. The maximum Gasteiger partial charge on any atom is 0.323 e. The van der Waals surface area contributed by atoms with E-state index in [1.807, 2.05) is 11.8 Å². The molecule has 0 bridgehead atoms. The molecule has 1 N–H and O–H groups in total. The summed E-state index contributed by atoms with van der Waals surface area (Å²) in [7, 11) is 1.57. The molecule has 21 heavy (non-hydrogen) atoms. The van der Waals surface area contributed by atoms with Crippen molar-refractivity contribution in [2.45, 2.75) is 19.4 Å². The van der Waals surface area contributed by atoms with Crippen molar-refractivity contribution in [2.75, 3.05) is 32.1 Å². The van der Waals surface area contributed by atoms with E-state index in [-0.39, 0.29) is 18.3 Å². The van der Waals surface area contributed by atoms with Crippen LogP contribution in [-0.4, -0.2) is 49.6 Å². The minimum Gasteiger partial charge on any atom is -0.497 e. The molecule has 1 atom stereocenters. The summed E-state index contributed by atoms with van der Waals surface area (Å²) in [4.78, 5) is 25.8. The summed E-state index contributed by atoms with van der Waals surface area (Å²) in [5.41, 5.74) is 0.645. The quantitative estimate of drug-likeness (QED) is 0.828. The lowest BCUT2D eigenvalue weighted by molar-refractivity contribution is -0.158.